The van der Waals surface area contributed by atoms with Crippen molar-refractivity contribution in [2.45, 2.75) is 44.7 Å². The van der Waals surface area contributed by atoms with Crippen molar-refractivity contribution in [1.29, 1.82) is 0 Å². The zero-order chi connectivity index (χ0) is 9.26. The van der Waals surface area contributed by atoms with Gasteiger partial charge in [0.05, 0.1) is 6.04 Å². The molecule has 0 radical (unpaired) electrons. The number of carbonyl (C=O) groups excluding carboxylic acids is 1. The first kappa shape index (κ1) is 9.00. The van der Waals surface area contributed by atoms with Crippen LogP contribution in [0.15, 0.2) is 0 Å². The number of fused-ring (bicyclic) bond motifs is 1. The van der Waals surface area contributed by atoms with Crippen molar-refractivity contribution in [2.75, 3.05) is 13.1 Å². The second-order valence-corrected chi connectivity index (χ2v) is 4.08. The Balaban J connectivity index is 2.00. The summed E-state index contributed by atoms with van der Waals surface area (Å²) in [4.78, 5) is 13.9. The molecule has 2 aliphatic heterocycles. The fourth-order valence-corrected chi connectivity index (χ4v) is 2.42. The van der Waals surface area contributed by atoms with Crippen LogP contribution in [0.4, 0.5) is 0 Å². The maximum atomic E-state index is 11.9. The van der Waals surface area contributed by atoms with E-state index in [2.05, 4.69) is 17.1 Å². The van der Waals surface area contributed by atoms with Crippen LogP contribution in [0, 0.1) is 0 Å². The molecule has 74 valence electrons. The SMILES string of the molecule is CCCC1NCC2CCCN2C1=O. The van der Waals surface area contributed by atoms with Crippen LogP contribution in [0.1, 0.15) is 32.6 Å². The summed E-state index contributed by atoms with van der Waals surface area (Å²) in [7, 11) is 0. The molecule has 0 aromatic carbocycles. The molecule has 3 heteroatoms. The van der Waals surface area contributed by atoms with Gasteiger partial charge in [0.2, 0.25) is 5.91 Å². The quantitative estimate of drug-likeness (QED) is 0.683. The second kappa shape index (κ2) is 3.66. The van der Waals surface area contributed by atoms with Gasteiger partial charge in [-0.3, -0.25) is 4.79 Å². The normalized spacial score (nSPS) is 33.6. The number of carbonyl (C=O) groups is 1. The van der Waals surface area contributed by atoms with E-state index in [4.69, 9.17) is 0 Å². The third-order valence-electron chi connectivity index (χ3n) is 3.14. The average Bonchev–Trinajstić information content (AvgIpc) is 2.58. The molecule has 1 amide bonds. The Kier molecular flexibility index (Phi) is 2.54. The Morgan fingerprint density at radius 1 is 1.62 bits per heavy atom. The smallest absolute Gasteiger partial charge is 0.239 e. The van der Waals surface area contributed by atoms with Crippen molar-refractivity contribution in [3.8, 4) is 0 Å². The van der Waals surface area contributed by atoms with E-state index in [0.29, 0.717) is 11.9 Å². The molecule has 3 nitrogen and oxygen atoms in total. The van der Waals surface area contributed by atoms with Crippen LogP contribution in [0.25, 0.3) is 0 Å². The number of rotatable bonds is 2. The lowest BCUT2D eigenvalue weighted by atomic mass is 10.1. The van der Waals surface area contributed by atoms with Gasteiger partial charge in [-0.25, -0.2) is 0 Å². The van der Waals surface area contributed by atoms with Gasteiger partial charge in [-0.1, -0.05) is 13.3 Å². The highest BCUT2D eigenvalue weighted by Gasteiger charge is 2.36. The summed E-state index contributed by atoms with van der Waals surface area (Å²) in [5, 5.41) is 3.35. The molecule has 2 saturated heterocycles. The standard InChI is InChI=1S/C10H18N2O/c1-2-4-9-10(13)12-6-3-5-8(12)7-11-9/h8-9,11H,2-7H2,1H3. The van der Waals surface area contributed by atoms with Gasteiger partial charge in [0.25, 0.3) is 0 Å². The van der Waals surface area contributed by atoms with E-state index in [1.165, 1.54) is 12.8 Å². The maximum absolute atomic E-state index is 11.9. The molecule has 2 fully saturated rings. The molecule has 0 aliphatic carbocycles. The number of hydrogen-bond acceptors (Lipinski definition) is 2. The lowest BCUT2D eigenvalue weighted by Gasteiger charge is -2.35. The third kappa shape index (κ3) is 1.57. The number of hydrogen-bond donors (Lipinski definition) is 1. The lowest BCUT2D eigenvalue weighted by Crippen LogP contribution is -2.57. The molecule has 0 saturated carbocycles. The minimum Gasteiger partial charge on any atom is -0.337 e. The van der Waals surface area contributed by atoms with Gasteiger partial charge in [-0.2, -0.15) is 0 Å². The summed E-state index contributed by atoms with van der Waals surface area (Å²) in [6.07, 6.45) is 4.46. The molecule has 13 heavy (non-hydrogen) atoms. The monoisotopic (exact) mass is 182 g/mol. The van der Waals surface area contributed by atoms with Gasteiger partial charge in [0.15, 0.2) is 0 Å². The summed E-state index contributed by atoms with van der Waals surface area (Å²) in [6, 6.07) is 0.611. The minimum atomic E-state index is 0.111. The van der Waals surface area contributed by atoms with Crippen LogP contribution in [-0.4, -0.2) is 36.0 Å². The zero-order valence-electron chi connectivity index (χ0n) is 8.25. The summed E-state index contributed by atoms with van der Waals surface area (Å²) in [5.41, 5.74) is 0. The van der Waals surface area contributed by atoms with Crippen LogP contribution in [-0.2, 0) is 4.79 Å². The first-order valence-electron chi connectivity index (χ1n) is 5.36. The van der Waals surface area contributed by atoms with Crippen LogP contribution in [0.5, 0.6) is 0 Å². The van der Waals surface area contributed by atoms with E-state index in [1.807, 2.05) is 0 Å². The zero-order valence-corrected chi connectivity index (χ0v) is 8.25. The Hall–Kier alpha value is -0.570. The molecule has 0 bridgehead atoms. The first-order chi connectivity index (χ1) is 6.33. The molecule has 0 aromatic heterocycles. The van der Waals surface area contributed by atoms with Crippen molar-refractivity contribution >= 4 is 5.91 Å². The van der Waals surface area contributed by atoms with E-state index in [-0.39, 0.29) is 6.04 Å². The van der Waals surface area contributed by atoms with E-state index in [0.717, 1.165) is 25.9 Å². The number of piperazine rings is 1. The highest BCUT2D eigenvalue weighted by atomic mass is 16.2. The van der Waals surface area contributed by atoms with Crippen LogP contribution >= 0.6 is 0 Å². The highest BCUT2D eigenvalue weighted by Crippen LogP contribution is 2.22. The Labute approximate surface area is 79.5 Å². The molecular formula is C10H18N2O. The average molecular weight is 182 g/mol. The fraction of sp³-hybridized carbons (Fsp3) is 0.900. The summed E-state index contributed by atoms with van der Waals surface area (Å²) in [6.45, 7) is 4.13. The van der Waals surface area contributed by atoms with Crippen LogP contribution in [0.2, 0.25) is 0 Å². The number of nitrogens with zero attached hydrogens (tertiary/aromatic N) is 1. The summed E-state index contributed by atoms with van der Waals surface area (Å²) in [5.74, 6) is 0.343. The Bertz CT molecular complexity index is 205. The number of amides is 1. The highest BCUT2D eigenvalue weighted by molar-refractivity contribution is 5.83. The van der Waals surface area contributed by atoms with Gasteiger partial charge < -0.3 is 10.2 Å². The van der Waals surface area contributed by atoms with Gasteiger partial charge in [-0.15, -0.1) is 0 Å². The Morgan fingerprint density at radius 2 is 2.46 bits per heavy atom. The van der Waals surface area contributed by atoms with E-state index in [9.17, 15) is 4.79 Å². The Morgan fingerprint density at radius 3 is 3.23 bits per heavy atom. The lowest BCUT2D eigenvalue weighted by molar-refractivity contribution is -0.137. The maximum Gasteiger partial charge on any atom is 0.239 e. The molecule has 1 N–H and O–H groups in total. The molecule has 2 rings (SSSR count). The molecule has 2 unspecified atom stereocenters. The number of nitrogens with one attached hydrogen (secondary N) is 1. The molecule has 0 spiro atoms. The van der Waals surface area contributed by atoms with Gasteiger partial charge in [0.1, 0.15) is 0 Å². The van der Waals surface area contributed by atoms with E-state index < -0.39 is 0 Å². The first-order valence-corrected chi connectivity index (χ1v) is 5.36. The van der Waals surface area contributed by atoms with Crippen molar-refractivity contribution in [3.63, 3.8) is 0 Å². The predicted octanol–water partition coefficient (Wildman–Crippen LogP) is 0.749. The second-order valence-electron chi connectivity index (χ2n) is 4.08. The van der Waals surface area contributed by atoms with Gasteiger partial charge in [0, 0.05) is 19.1 Å². The van der Waals surface area contributed by atoms with Gasteiger partial charge >= 0.3 is 0 Å². The fourth-order valence-electron chi connectivity index (χ4n) is 2.42. The third-order valence-corrected chi connectivity index (χ3v) is 3.14. The molecule has 2 atom stereocenters. The molecular weight excluding hydrogens is 164 g/mol. The van der Waals surface area contributed by atoms with Crippen LogP contribution < -0.4 is 5.32 Å². The van der Waals surface area contributed by atoms with Crippen LogP contribution in [0.3, 0.4) is 0 Å². The molecule has 0 aromatic rings. The van der Waals surface area contributed by atoms with Crippen molar-refractivity contribution in [1.82, 2.24) is 10.2 Å². The minimum absolute atomic E-state index is 0.111. The summed E-state index contributed by atoms with van der Waals surface area (Å²) >= 11 is 0. The predicted molar refractivity (Wildman–Crippen MR) is 51.4 cm³/mol. The molecule has 2 heterocycles. The molecule has 2 aliphatic rings. The topological polar surface area (TPSA) is 32.3 Å². The van der Waals surface area contributed by atoms with Gasteiger partial charge in [-0.05, 0) is 19.3 Å². The van der Waals surface area contributed by atoms with Crippen molar-refractivity contribution in [3.05, 3.63) is 0 Å². The van der Waals surface area contributed by atoms with Crippen molar-refractivity contribution in [2.24, 2.45) is 0 Å². The van der Waals surface area contributed by atoms with Crippen molar-refractivity contribution < 1.29 is 4.79 Å². The van der Waals surface area contributed by atoms with E-state index in [1.54, 1.807) is 0 Å². The van der Waals surface area contributed by atoms with E-state index >= 15 is 0 Å². The summed E-state index contributed by atoms with van der Waals surface area (Å²) < 4.78 is 0. The largest absolute Gasteiger partial charge is 0.337 e.